The van der Waals surface area contributed by atoms with Crippen LogP contribution in [0.3, 0.4) is 0 Å². The summed E-state index contributed by atoms with van der Waals surface area (Å²) in [7, 11) is 1.91. The third-order valence-corrected chi connectivity index (χ3v) is 3.47. The Morgan fingerprint density at radius 1 is 1.50 bits per heavy atom. The number of hydrogen-bond acceptors (Lipinski definition) is 3. The second kappa shape index (κ2) is 7.50. The SMILES string of the molecule is CN(CCOc1cccc(Cl)c1)CC(=O)NCC1CC1. The Morgan fingerprint density at radius 2 is 2.30 bits per heavy atom. The fourth-order valence-corrected chi connectivity index (χ4v) is 2.02. The lowest BCUT2D eigenvalue weighted by molar-refractivity contribution is -0.122. The number of amides is 1. The van der Waals surface area contributed by atoms with Gasteiger partial charge in [0.1, 0.15) is 12.4 Å². The smallest absolute Gasteiger partial charge is 0.234 e. The maximum Gasteiger partial charge on any atom is 0.234 e. The molecule has 2 rings (SSSR count). The molecule has 1 amide bonds. The number of nitrogens with zero attached hydrogens (tertiary/aromatic N) is 1. The van der Waals surface area contributed by atoms with Crippen LogP contribution in [0.2, 0.25) is 5.02 Å². The monoisotopic (exact) mass is 296 g/mol. The molecule has 1 N–H and O–H groups in total. The van der Waals surface area contributed by atoms with Crippen molar-refractivity contribution in [3.8, 4) is 5.75 Å². The predicted octanol–water partition coefficient (Wildman–Crippen LogP) is 2.18. The van der Waals surface area contributed by atoms with Crippen molar-refractivity contribution in [2.45, 2.75) is 12.8 Å². The highest BCUT2D eigenvalue weighted by atomic mass is 35.5. The Hall–Kier alpha value is -1.26. The van der Waals surface area contributed by atoms with Gasteiger partial charge in [0.25, 0.3) is 0 Å². The van der Waals surface area contributed by atoms with Gasteiger partial charge in [0.15, 0.2) is 0 Å². The summed E-state index contributed by atoms with van der Waals surface area (Å²) in [5, 5.41) is 3.61. The van der Waals surface area contributed by atoms with Crippen LogP contribution in [0.5, 0.6) is 5.75 Å². The maximum absolute atomic E-state index is 11.7. The number of rotatable bonds is 8. The van der Waals surface area contributed by atoms with Crippen LogP contribution in [0, 0.1) is 5.92 Å². The Morgan fingerprint density at radius 3 is 3.00 bits per heavy atom. The summed E-state index contributed by atoms with van der Waals surface area (Å²) in [6, 6.07) is 7.32. The zero-order valence-electron chi connectivity index (χ0n) is 11.8. The van der Waals surface area contributed by atoms with Crippen molar-refractivity contribution >= 4 is 17.5 Å². The lowest BCUT2D eigenvalue weighted by atomic mass is 10.3. The van der Waals surface area contributed by atoms with Gasteiger partial charge in [-0.15, -0.1) is 0 Å². The third-order valence-electron chi connectivity index (χ3n) is 3.24. The summed E-state index contributed by atoms with van der Waals surface area (Å²) in [4.78, 5) is 13.6. The van der Waals surface area contributed by atoms with E-state index in [1.54, 1.807) is 6.07 Å². The van der Waals surface area contributed by atoms with Gasteiger partial charge in [0, 0.05) is 18.1 Å². The Labute approximate surface area is 125 Å². The van der Waals surface area contributed by atoms with E-state index in [9.17, 15) is 4.79 Å². The van der Waals surface area contributed by atoms with E-state index in [0.717, 1.165) is 18.2 Å². The molecule has 5 heteroatoms. The normalized spacial score (nSPS) is 14.3. The lowest BCUT2D eigenvalue weighted by Gasteiger charge is -2.16. The van der Waals surface area contributed by atoms with E-state index in [-0.39, 0.29) is 5.91 Å². The molecule has 1 aromatic rings. The van der Waals surface area contributed by atoms with Crippen molar-refractivity contribution in [3.63, 3.8) is 0 Å². The van der Waals surface area contributed by atoms with Crippen LogP contribution in [0.15, 0.2) is 24.3 Å². The van der Waals surface area contributed by atoms with Crippen LogP contribution in [-0.2, 0) is 4.79 Å². The predicted molar refractivity (Wildman–Crippen MR) is 80.2 cm³/mol. The van der Waals surface area contributed by atoms with Crippen LogP contribution >= 0.6 is 11.6 Å². The molecular weight excluding hydrogens is 276 g/mol. The fraction of sp³-hybridized carbons (Fsp3) is 0.533. The third kappa shape index (κ3) is 5.80. The number of carbonyl (C=O) groups is 1. The molecule has 1 aromatic carbocycles. The topological polar surface area (TPSA) is 41.6 Å². The average Bonchev–Trinajstić information content (AvgIpc) is 3.20. The first kappa shape index (κ1) is 15.1. The summed E-state index contributed by atoms with van der Waals surface area (Å²) in [5.41, 5.74) is 0. The Balaban J connectivity index is 1.59. The van der Waals surface area contributed by atoms with Crippen molar-refractivity contribution in [2.24, 2.45) is 5.92 Å². The molecule has 0 unspecified atom stereocenters. The molecule has 20 heavy (non-hydrogen) atoms. The zero-order valence-corrected chi connectivity index (χ0v) is 12.5. The summed E-state index contributed by atoms with van der Waals surface area (Å²) in [5.74, 6) is 1.56. The average molecular weight is 297 g/mol. The minimum absolute atomic E-state index is 0.0853. The molecular formula is C15H21ClN2O2. The largest absolute Gasteiger partial charge is 0.492 e. The molecule has 1 saturated carbocycles. The summed E-state index contributed by atoms with van der Waals surface area (Å²) in [6.07, 6.45) is 2.51. The second-order valence-corrected chi connectivity index (χ2v) is 5.73. The molecule has 1 aliphatic rings. The van der Waals surface area contributed by atoms with E-state index < -0.39 is 0 Å². The first-order valence-corrected chi connectivity index (χ1v) is 7.35. The van der Waals surface area contributed by atoms with Gasteiger partial charge in [-0.25, -0.2) is 0 Å². The standard InChI is InChI=1S/C15H21ClN2O2/c1-18(11-15(19)17-10-12-5-6-12)7-8-20-14-4-2-3-13(16)9-14/h2-4,9,12H,5-8,10-11H2,1H3,(H,17,19). The number of ether oxygens (including phenoxy) is 1. The van der Waals surface area contributed by atoms with Crippen molar-refractivity contribution < 1.29 is 9.53 Å². The number of hydrogen-bond donors (Lipinski definition) is 1. The van der Waals surface area contributed by atoms with Crippen LogP contribution in [0.4, 0.5) is 0 Å². The van der Waals surface area contributed by atoms with Crippen molar-refractivity contribution in [1.29, 1.82) is 0 Å². The van der Waals surface area contributed by atoms with E-state index in [1.807, 2.05) is 30.1 Å². The molecule has 0 radical (unpaired) electrons. The zero-order chi connectivity index (χ0) is 14.4. The second-order valence-electron chi connectivity index (χ2n) is 5.29. The van der Waals surface area contributed by atoms with Gasteiger partial charge in [-0.3, -0.25) is 9.69 Å². The molecule has 0 heterocycles. The van der Waals surface area contributed by atoms with Gasteiger partial charge in [-0.1, -0.05) is 17.7 Å². The fourth-order valence-electron chi connectivity index (χ4n) is 1.84. The molecule has 0 aromatic heterocycles. The van der Waals surface area contributed by atoms with E-state index in [2.05, 4.69) is 5.32 Å². The van der Waals surface area contributed by atoms with Crippen molar-refractivity contribution in [2.75, 3.05) is 33.3 Å². The maximum atomic E-state index is 11.7. The van der Waals surface area contributed by atoms with E-state index in [0.29, 0.717) is 24.7 Å². The van der Waals surface area contributed by atoms with Crippen LogP contribution < -0.4 is 10.1 Å². The van der Waals surface area contributed by atoms with Gasteiger partial charge < -0.3 is 10.1 Å². The summed E-state index contributed by atoms with van der Waals surface area (Å²) >= 11 is 5.88. The van der Waals surface area contributed by atoms with E-state index in [4.69, 9.17) is 16.3 Å². The van der Waals surface area contributed by atoms with Crippen molar-refractivity contribution in [3.05, 3.63) is 29.3 Å². The number of nitrogens with one attached hydrogen (secondary N) is 1. The van der Waals surface area contributed by atoms with Crippen LogP contribution in [-0.4, -0.2) is 44.1 Å². The molecule has 4 nitrogen and oxygen atoms in total. The quantitative estimate of drug-likeness (QED) is 0.799. The lowest BCUT2D eigenvalue weighted by Crippen LogP contribution is -2.37. The molecule has 1 aliphatic carbocycles. The first-order valence-electron chi connectivity index (χ1n) is 6.97. The highest BCUT2D eigenvalue weighted by Crippen LogP contribution is 2.27. The highest BCUT2D eigenvalue weighted by Gasteiger charge is 2.21. The molecule has 0 saturated heterocycles. The molecule has 110 valence electrons. The molecule has 1 fully saturated rings. The van der Waals surface area contributed by atoms with Crippen LogP contribution in [0.25, 0.3) is 0 Å². The van der Waals surface area contributed by atoms with Gasteiger partial charge in [0.05, 0.1) is 6.54 Å². The number of likely N-dealkylation sites (N-methyl/N-ethyl adjacent to an activating group) is 1. The van der Waals surface area contributed by atoms with Crippen molar-refractivity contribution in [1.82, 2.24) is 10.2 Å². The van der Waals surface area contributed by atoms with Crippen LogP contribution in [0.1, 0.15) is 12.8 Å². The number of benzene rings is 1. The molecule has 0 aliphatic heterocycles. The summed E-state index contributed by atoms with van der Waals surface area (Å²) in [6.45, 7) is 2.47. The first-order chi connectivity index (χ1) is 9.63. The minimum Gasteiger partial charge on any atom is -0.492 e. The molecule has 0 atom stereocenters. The molecule has 0 bridgehead atoms. The Bertz CT molecular complexity index is 449. The Kier molecular flexibility index (Phi) is 5.68. The van der Waals surface area contributed by atoms with E-state index in [1.165, 1.54) is 12.8 Å². The molecule has 0 spiro atoms. The minimum atomic E-state index is 0.0853. The number of halogens is 1. The van der Waals surface area contributed by atoms with Gasteiger partial charge >= 0.3 is 0 Å². The van der Waals surface area contributed by atoms with Gasteiger partial charge in [0.2, 0.25) is 5.91 Å². The van der Waals surface area contributed by atoms with Gasteiger partial charge in [-0.05, 0) is 44.0 Å². The van der Waals surface area contributed by atoms with Gasteiger partial charge in [-0.2, -0.15) is 0 Å². The number of carbonyl (C=O) groups excluding carboxylic acids is 1. The van der Waals surface area contributed by atoms with E-state index >= 15 is 0 Å². The highest BCUT2D eigenvalue weighted by molar-refractivity contribution is 6.30. The summed E-state index contributed by atoms with van der Waals surface area (Å²) < 4.78 is 5.59.